The Morgan fingerprint density at radius 2 is 2.09 bits per heavy atom. The first-order valence-electron chi connectivity index (χ1n) is 7.87. The van der Waals surface area contributed by atoms with Gasteiger partial charge in [-0.3, -0.25) is 10.00 Å². The minimum Gasteiger partial charge on any atom is -0.395 e. The summed E-state index contributed by atoms with van der Waals surface area (Å²) in [6.45, 7) is 2.75. The predicted molar refractivity (Wildman–Crippen MR) is 90.2 cm³/mol. The zero-order valence-corrected chi connectivity index (χ0v) is 13.7. The van der Waals surface area contributed by atoms with Gasteiger partial charge in [0, 0.05) is 26.2 Å². The van der Waals surface area contributed by atoms with Crippen molar-refractivity contribution in [2.75, 3.05) is 18.5 Å². The zero-order valence-electron chi connectivity index (χ0n) is 13.7. The number of aliphatic hydroxyl groups excluding tert-OH is 1. The summed E-state index contributed by atoms with van der Waals surface area (Å²) in [6, 6.07) is 11.4. The summed E-state index contributed by atoms with van der Waals surface area (Å²) in [4.78, 5) is 14.1. The van der Waals surface area contributed by atoms with Gasteiger partial charge in [-0.15, -0.1) is 0 Å². The second-order valence-electron chi connectivity index (χ2n) is 5.46. The molecule has 0 aliphatic carbocycles. The molecule has 6 heteroatoms. The molecule has 0 aliphatic heterocycles. The Kier molecular flexibility index (Phi) is 6.17. The van der Waals surface area contributed by atoms with Gasteiger partial charge in [-0.25, -0.2) is 4.79 Å². The number of aliphatic hydroxyl groups is 1. The normalized spacial score (nSPS) is 10.6. The number of amides is 2. The predicted octanol–water partition coefficient (Wildman–Crippen LogP) is 2.40. The molecule has 23 heavy (non-hydrogen) atoms. The number of hydrogen-bond acceptors (Lipinski definition) is 3. The molecule has 6 nitrogen and oxygen atoms in total. The van der Waals surface area contributed by atoms with Crippen LogP contribution in [0, 0.1) is 0 Å². The summed E-state index contributed by atoms with van der Waals surface area (Å²) >= 11 is 0. The van der Waals surface area contributed by atoms with Crippen molar-refractivity contribution in [3.05, 3.63) is 47.7 Å². The molecule has 2 aromatic rings. The van der Waals surface area contributed by atoms with Gasteiger partial charge in [0.15, 0.2) is 0 Å². The van der Waals surface area contributed by atoms with E-state index in [9.17, 15) is 9.90 Å². The van der Waals surface area contributed by atoms with Gasteiger partial charge in [0.05, 0.1) is 12.3 Å². The summed E-state index contributed by atoms with van der Waals surface area (Å²) in [6.07, 6.45) is 1.89. The lowest BCUT2D eigenvalue weighted by Crippen LogP contribution is -2.37. The van der Waals surface area contributed by atoms with Crippen molar-refractivity contribution >= 4 is 11.8 Å². The highest BCUT2D eigenvalue weighted by atomic mass is 16.3. The zero-order chi connectivity index (χ0) is 16.7. The second-order valence-corrected chi connectivity index (χ2v) is 5.46. The molecule has 0 unspecified atom stereocenters. The molecule has 0 aliphatic rings. The summed E-state index contributed by atoms with van der Waals surface area (Å²) in [5, 5.41) is 16.5. The second kappa shape index (κ2) is 8.33. The minimum atomic E-state index is -0.242. The Morgan fingerprint density at radius 1 is 1.35 bits per heavy atom. The standard InChI is InChI=1S/C17H24N4O2/c1-3-7-15-12-16(20(2)19-15)18-17(23)21(10-11-22)13-14-8-5-4-6-9-14/h4-6,8-9,12,22H,3,7,10-11,13H2,1-2H3,(H,18,23). The third-order valence-electron chi connectivity index (χ3n) is 3.54. The lowest BCUT2D eigenvalue weighted by atomic mass is 10.2. The molecule has 1 aromatic carbocycles. The molecule has 2 rings (SSSR count). The molecule has 2 amide bonds. The van der Waals surface area contributed by atoms with E-state index < -0.39 is 0 Å². The molecule has 124 valence electrons. The molecule has 0 spiro atoms. The van der Waals surface area contributed by atoms with Gasteiger partial charge in [-0.05, 0) is 12.0 Å². The first kappa shape index (κ1) is 17.0. The highest BCUT2D eigenvalue weighted by Gasteiger charge is 2.16. The van der Waals surface area contributed by atoms with E-state index in [1.54, 1.807) is 9.58 Å². The van der Waals surface area contributed by atoms with Crippen molar-refractivity contribution in [1.29, 1.82) is 0 Å². The van der Waals surface area contributed by atoms with Gasteiger partial charge in [0.25, 0.3) is 0 Å². The summed E-state index contributed by atoms with van der Waals surface area (Å²) in [5.74, 6) is 0.662. The molecule has 0 bridgehead atoms. The van der Waals surface area contributed by atoms with E-state index >= 15 is 0 Å². The van der Waals surface area contributed by atoms with Crippen LogP contribution in [0.3, 0.4) is 0 Å². The summed E-state index contributed by atoms with van der Waals surface area (Å²) < 4.78 is 1.67. The highest BCUT2D eigenvalue weighted by molar-refractivity contribution is 5.88. The van der Waals surface area contributed by atoms with Crippen LogP contribution in [-0.4, -0.2) is 39.0 Å². The molecular formula is C17H24N4O2. The number of nitrogens with one attached hydrogen (secondary N) is 1. The number of aromatic nitrogens is 2. The van der Waals surface area contributed by atoms with Crippen LogP contribution < -0.4 is 5.32 Å². The number of urea groups is 1. The smallest absolute Gasteiger partial charge is 0.323 e. The molecule has 1 heterocycles. The molecule has 0 atom stereocenters. The SMILES string of the molecule is CCCc1cc(NC(=O)N(CCO)Cc2ccccc2)n(C)n1. The Morgan fingerprint density at radius 3 is 2.74 bits per heavy atom. The maximum absolute atomic E-state index is 12.5. The highest BCUT2D eigenvalue weighted by Crippen LogP contribution is 2.13. The van der Waals surface area contributed by atoms with Crippen LogP contribution in [0.2, 0.25) is 0 Å². The van der Waals surface area contributed by atoms with E-state index in [4.69, 9.17) is 0 Å². The maximum Gasteiger partial charge on any atom is 0.323 e. The number of nitrogens with zero attached hydrogens (tertiary/aromatic N) is 3. The number of hydrogen-bond donors (Lipinski definition) is 2. The van der Waals surface area contributed by atoms with E-state index in [0.717, 1.165) is 24.1 Å². The van der Waals surface area contributed by atoms with E-state index in [-0.39, 0.29) is 19.2 Å². The molecule has 1 aromatic heterocycles. The van der Waals surface area contributed by atoms with Crippen LogP contribution >= 0.6 is 0 Å². The third kappa shape index (κ3) is 4.82. The van der Waals surface area contributed by atoms with Crippen LogP contribution in [0.15, 0.2) is 36.4 Å². The first-order valence-corrected chi connectivity index (χ1v) is 7.87. The van der Waals surface area contributed by atoms with E-state index in [1.165, 1.54) is 0 Å². The molecule has 2 N–H and O–H groups in total. The van der Waals surface area contributed by atoms with Crippen molar-refractivity contribution in [2.45, 2.75) is 26.3 Å². The van der Waals surface area contributed by atoms with Crippen LogP contribution in [-0.2, 0) is 20.0 Å². The topological polar surface area (TPSA) is 70.4 Å². The maximum atomic E-state index is 12.5. The number of carbonyl (C=O) groups is 1. The average molecular weight is 316 g/mol. The van der Waals surface area contributed by atoms with Gasteiger partial charge < -0.3 is 10.0 Å². The van der Waals surface area contributed by atoms with Crippen molar-refractivity contribution < 1.29 is 9.90 Å². The largest absolute Gasteiger partial charge is 0.395 e. The fourth-order valence-corrected chi connectivity index (χ4v) is 2.39. The monoisotopic (exact) mass is 316 g/mol. The number of benzene rings is 1. The minimum absolute atomic E-state index is 0.0767. The third-order valence-corrected chi connectivity index (χ3v) is 3.54. The van der Waals surface area contributed by atoms with Gasteiger partial charge in [0.1, 0.15) is 5.82 Å². The molecule has 0 radical (unpaired) electrons. The van der Waals surface area contributed by atoms with Crippen molar-refractivity contribution in [1.82, 2.24) is 14.7 Å². The molecule has 0 saturated heterocycles. The van der Waals surface area contributed by atoms with Crippen LogP contribution in [0.25, 0.3) is 0 Å². The fraction of sp³-hybridized carbons (Fsp3) is 0.412. The Bertz CT molecular complexity index is 625. The molecule has 0 fully saturated rings. The average Bonchev–Trinajstić information content (AvgIpc) is 2.88. The number of rotatable bonds is 7. The van der Waals surface area contributed by atoms with Crippen molar-refractivity contribution in [2.24, 2.45) is 7.05 Å². The van der Waals surface area contributed by atoms with Crippen LogP contribution in [0.4, 0.5) is 10.6 Å². The van der Waals surface area contributed by atoms with Crippen LogP contribution in [0.5, 0.6) is 0 Å². The van der Waals surface area contributed by atoms with E-state index in [2.05, 4.69) is 17.3 Å². The Hall–Kier alpha value is -2.34. The lowest BCUT2D eigenvalue weighted by molar-refractivity contribution is 0.185. The van der Waals surface area contributed by atoms with Crippen molar-refractivity contribution in [3.63, 3.8) is 0 Å². The van der Waals surface area contributed by atoms with E-state index in [0.29, 0.717) is 12.4 Å². The fourth-order valence-electron chi connectivity index (χ4n) is 2.39. The number of aryl methyl sites for hydroxylation is 2. The Balaban J connectivity index is 2.06. The van der Waals surface area contributed by atoms with Crippen LogP contribution in [0.1, 0.15) is 24.6 Å². The van der Waals surface area contributed by atoms with Crippen molar-refractivity contribution in [3.8, 4) is 0 Å². The van der Waals surface area contributed by atoms with Gasteiger partial charge in [-0.2, -0.15) is 5.10 Å². The lowest BCUT2D eigenvalue weighted by Gasteiger charge is -2.22. The molecular weight excluding hydrogens is 292 g/mol. The Labute approximate surface area is 136 Å². The quantitative estimate of drug-likeness (QED) is 0.824. The van der Waals surface area contributed by atoms with E-state index in [1.807, 2.05) is 43.4 Å². The molecule has 0 saturated carbocycles. The van der Waals surface area contributed by atoms with Gasteiger partial charge in [-0.1, -0.05) is 43.7 Å². The van der Waals surface area contributed by atoms with Gasteiger partial charge >= 0.3 is 6.03 Å². The van der Waals surface area contributed by atoms with Gasteiger partial charge in [0.2, 0.25) is 0 Å². The summed E-state index contributed by atoms with van der Waals surface area (Å²) in [5.41, 5.74) is 1.98. The number of carbonyl (C=O) groups excluding carboxylic acids is 1. The summed E-state index contributed by atoms with van der Waals surface area (Å²) in [7, 11) is 1.81. The number of anilines is 1. The first-order chi connectivity index (χ1) is 11.1.